The van der Waals surface area contributed by atoms with E-state index in [9.17, 15) is 5.26 Å². The predicted molar refractivity (Wildman–Crippen MR) is 114 cm³/mol. The normalized spacial score (nSPS) is 10.2. The Morgan fingerprint density at radius 1 is 0.867 bits per heavy atom. The first-order valence-corrected chi connectivity index (χ1v) is 9.40. The minimum absolute atomic E-state index is 0.572. The molecule has 1 heterocycles. The van der Waals surface area contributed by atoms with Gasteiger partial charge in [-0.2, -0.15) is 10.5 Å². The highest BCUT2D eigenvalue weighted by Gasteiger charge is 2.14. The molecule has 0 aliphatic carbocycles. The van der Waals surface area contributed by atoms with Crippen LogP contribution in [0.1, 0.15) is 22.3 Å². The smallest absolute Gasteiger partial charge is 0.139 e. The fraction of sp³-hybridized carbons (Fsp3) is 0.0833. The molecule has 0 N–H and O–H groups in total. The van der Waals surface area contributed by atoms with Crippen LogP contribution in [0.3, 0.4) is 0 Å². The third-order valence-electron chi connectivity index (χ3n) is 4.88. The molecule has 0 radical (unpaired) electrons. The van der Waals surface area contributed by atoms with Crippen LogP contribution in [-0.4, -0.2) is 14.9 Å². The number of nitriles is 2. The fourth-order valence-corrected chi connectivity index (χ4v) is 3.25. The predicted octanol–water partition coefficient (Wildman–Crippen LogP) is 4.47. The molecule has 3 aromatic carbocycles. The maximum Gasteiger partial charge on any atom is 0.139 e. The maximum atomic E-state index is 9.61. The second-order valence-electron chi connectivity index (χ2n) is 6.92. The van der Waals surface area contributed by atoms with Crippen molar-refractivity contribution in [1.29, 1.82) is 10.5 Å². The number of hydrogen-bond donors (Lipinski definition) is 0. The Kier molecular flexibility index (Phi) is 5.23. The van der Waals surface area contributed by atoms with Gasteiger partial charge in [-0.3, -0.25) is 5.01 Å². The second kappa shape index (κ2) is 8.30. The summed E-state index contributed by atoms with van der Waals surface area (Å²) in [5.41, 5.74) is 6.08. The van der Waals surface area contributed by atoms with Gasteiger partial charge in [0, 0.05) is 5.56 Å². The summed E-state index contributed by atoms with van der Waals surface area (Å²) in [4.78, 5) is 0. The van der Waals surface area contributed by atoms with E-state index in [2.05, 4.69) is 53.5 Å². The maximum absolute atomic E-state index is 9.61. The van der Waals surface area contributed by atoms with Crippen LogP contribution >= 0.6 is 0 Å². The lowest BCUT2D eigenvalue weighted by Crippen LogP contribution is -2.27. The molecular weight excluding hydrogens is 372 g/mol. The van der Waals surface area contributed by atoms with Gasteiger partial charge in [0.2, 0.25) is 0 Å². The lowest BCUT2D eigenvalue weighted by atomic mass is 9.98. The van der Waals surface area contributed by atoms with Gasteiger partial charge in [0.1, 0.15) is 12.7 Å². The van der Waals surface area contributed by atoms with E-state index in [1.807, 2.05) is 40.0 Å². The summed E-state index contributed by atoms with van der Waals surface area (Å²) < 4.78 is 1.82. The first-order chi connectivity index (χ1) is 14.7. The van der Waals surface area contributed by atoms with Gasteiger partial charge in [-0.25, -0.2) is 4.68 Å². The molecule has 6 heteroatoms. The van der Waals surface area contributed by atoms with E-state index in [-0.39, 0.29) is 0 Å². The molecule has 30 heavy (non-hydrogen) atoms. The van der Waals surface area contributed by atoms with Crippen LogP contribution in [0.15, 0.2) is 79.4 Å². The number of aryl methyl sites for hydroxylation is 1. The molecule has 0 spiro atoms. The van der Waals surface area contributed by atoms with E-state index in [0.717, 1.165) is 22.4 Å². The Morgan fingerprint density at radius 3 is 2.20 bits per heavy atom. The van der Waals surface area contributed by atoms with Gasteiger partial charge in [0.05, 0.1) is 35.5 Å². The minimum Gasteiger partial charge on any atom is -0.274 e. The van der Waals surface area contributed by atoms with E-state index in [1.54, 1.807) is 24.8 Å². The Labute approximate surface area is 174 Å². The van der Waals surface area contributed by atoms with Crippen molar-refractivity contribution in [2.45, 2.75) is 13.5 Å². The molecule has 0 fully saturated rings. The zero-order valence-corrected chi connectivity index (χ0v) is 16.4. The summed E-state index contributed by atoms with van der Waals surface area (Å²) in [6, 6.07) is 25.7. The van der Waals surface area contributed by atoms with Crippen LogP contribution in [-0.2, 0) is 6.54 Å². The van der Waals surface area contributed by atoms with Crippen LogP contribution in [0.5, 0.6) is 0 Å². The zero-order chi connectivity index (χ0) is 20.9. The van der Waals surface area contributed by atoms with E-state index in [1.165, 1.54) is 5.56 Å². The molecule has 144 valence electrons. The third-order valence-corrected chi connectivity index (χ3v) is 4.88. The van der Waals surface area contributed by atoms with Crippen molar-refractivity contribution in [3.05, 3.63) is 102 Å². The molecule has 0 unspecified atom stereocenters. The lowest BCUT2D eigenvalue weighted by molar-refractivity contribution is 0.686. The standard InChI is InChI=1S/C24H18N6/c1-18-2-4-20(5-3-18)15-30(29-16-27-28-17-29)23-11-10-22(14-26)24(12-23)21-8-6-19(13-25)7-9-21/h2-12,16-17H,15H2,1H3. The van der Waals surface area contributed by atoms with Crippen molar-refractivity contribution in [3.8, 4) is 23.3 Å². The number of benzene rings is 3. The van der Waals surface area contributed by atoms with Crippen molar-refractivity contribution in [1.82, 2.24) is 14.9 Å². The van der Waals surface area contributed by atoms with Crippen LogP contribution in [0.4, 0.5) is 5.69 Å². The summed E-state index contributed by atoms with van der Waals surface area (Å²) in [6.07, 6.45) is 3.29. The van der Waals surface area contributed by atoms with Crippen LogP contribution in [0, 0.1) is 29.6 Å². The average Bonchev–Trinajstić information content (AvgIpc) is 3.33. The molecule has 0 aliphatic heterocycles. The Hall–Kier alpha value is -4.42. The van der Waals surface area contributed by atoms with Gasteiger partial charge in [-0.1, -0.05) is 42.0 Å². The monoisotopic (exact) mass is 390 g/mol. The first-order valence-electron chi connectivity index (χ1n) is 9.40. The summed E-state index contributed by atoms with van der Waals surface area (Å²) in [7, 11) is 0. The van der Waals surface area contributed by atoms with Gasteiger partial charge in [0.25, 0.3) is 0 Å². The van der Waals surface area contributed by atoms with Gasteiger partial charge >= 0.3 is 0 Å². The summed E-state index contributed by atoms with van der Waals surface area (Å²) in [5.74, 6) is 0. The van der Waals surface area contributed by atoms with Gasteiger partial charge in [-0.15, -0.1) is 10.2 Å². The molecule has 0 amide bonds. The van der Waals surface area contributed by atoms with E-state index < -0.39 is 0 Å². The Bertz CT molecular complexity index is 1230. The average molecular weight is 390 g/mol. The molecule has 0 saturated carbocycles. The minimum atomic E-state index is 0.572. The quantitative estimate of drug-likeness (QED) is 0.502. The summed E-state index contributed by atoms with van der Waals surface area (Å²) >= 11 is 0. The highest BCUT2D eigenvalue weighted by atomic mass is 15.6. The van der Waals surface area contributed by atoms with E-state index in [4.69, 9.17) is 5.26 Å². The van der Waals surface area contributed by atoms with Gasteiger partial charge < -0.3 is 0 Å². The van der Waals surface area contributed by atoms with Crippen molar-refractivity contribution >= 4 is 5.69 Å². The molecule has 6 nitrogen and oxygen atoms in total. The number of rotatable bonds is 5. The van der Waals surface area contributed by atoms with Gasteiger partial charge in [0.15, 0.2) is 0 Å². The van der Waals surface area contributed by atoms with Gasteiger partial charge in [-0.05, 0) is 48.4 Å². The third kappa shape index (κ3) is 3.89. The molecule has 4 rings (SSSR count). The molecule has 0 bridgehead atoms. The van der Waals surface area contributed by atoms with E-state index >= 15 is 0 Å². The van der Waals surface area contributed by atoms with Crippen molar-refractivity contribution in [3.63, 3.8) is 0 Å². The second-order valence-corrected chi connectivity index (χ2v) is 6.92. The van der Waals surface area contributed by atoms with Crippen molar-refractivity contribution < 1.29 is 0 Å². The highest BCUT2D eigenvalue weighted by Crippen LogP contribution is 2.30. The zero-order valence-electron chi connectivity index (χ0n) is 16.4. The van der Waals surface area contributed by atoms with Crippen molar-refractivity contribution in [2.75, 3.05) is 5.01 Å². The topological polar surface area (TPSA) is 81.5 Å². The molecule has 0 aliphatic rings. The van der Waals surface area contributed by atoms with Crippen LogP contribution in [0.25, 0.3) is 11.1 Å². The fourth-order valence-electron chi connectivity index (χ4n) is 3.25. The molecule has 0 atom stereocenters. The first kappa shape index (κ1) is 18.9. The largest absolute Gasteiger partial charge is 0.274 e. The molecule has 0 saturated heterocycles. The Balaban J connectivity index is 1.78. The SMILES string of the molecule is Cc1ccc(CN(c2ccc(C#N)c(-c3ccc(C#N)cc3)c2)n2cnnc2)cc1. The molecule has 1 aromatic heterocycles. The lowest BCUT2D eigenvalue weighted by Gasteiger charge is -2.26. The summed E-state index contributed by atoms with van der Waals surface area (Å²) in [5, 5.41) is 28.6. The van der Waals surface area contributed by atoms with Crippen molar-refractivity contribution in [2.24, 2.45) is 0 Å². The van der Waals surface area contributed by atoms with Crippen LogP contribution in [0.2, 0.25) is 0 Å². The molecule has 4 aromatic rings. The summed E-state index contributed by atoms with van der Waals surface area (Å²) in [6.45, 7) is 2.67. The Morgan fingerprint density at radius 2 is 1.57 bits per heavy atom. The van der Waals surface area contributed by atoms with Crippen LogP contribution < -0.4 is 5.01 Å². The number of aromatic nitrogens is 3. The molecular formula is C24H18N6. The number of anilines is 1. The highest BCUT2D eigenvalue weighted by molar-refractivity contribution is 5.75. The number of hydrogen-bond acceptors (Lipinski definition) is 5. The van der Waals surface area contributed by atoms with E-state index in [0.29, 0.717) is 17.7 Å². The number of nitrogens with zero attached hydrogens (tertiary/aromatic N) is 6.